The van der Waals surface area contributed by atoms with Crippen LogP contribution in [0.3, 0.4) is 0 Å². The number of nitrogens with one attached hydrogen (secondary N) is 1. The van der Waals surface area contributed by atoms with Gasteiger partial charge in [-0.3, -0.25) is 4.99 Å². The average molecular weight is 307 g/mol. The van der Waals surface area contributed by atoms with Crippen LogP contribution in [0.1, 0.15) is 31.4 Å². The Labute approximate surface area is 132 Å². The summed E-state index contributed by atoms with van der Waals surface area (Å²) in [5.74, 6) is 1.84. The second-order valence-corrected chi connectivity index (χ2v) is 6.34. The van der Waals surface area contributed by atoms with Crippen LogP contribution in [0.4, 0.5) is 4.39 Å². The molecule has 1 saturated heterocycles. The van der Waals surface area contributed by atoms with E-state index in [0.717, 1.165) is 24.6 Å². The summed E-state index contributed by atoms with van der Waals surface area (Å²) in [6.07, 6.45) is 1.26. The highest BCUT2D eigenvalue weighted by molar-refractivity contribution is 5.80. The minimum atomic E-state index is -0.366. The van der Waals surface area contributed by atoms with E-state index in [4.69, 9.17) is 5.11 Å². The molecule has 0 aromatic heterocycles. The number of piperidine rings is 1. The Hall–Kier alpha value is -1.62. The van der Waals surface area contributed by atoms with E-state index in [9.17, 15) is 4.39 Å². The lowest BCUT2D eigenvalue weighted by molar-refractivity contribution is 0.208. The average Bonchev–Trinajstić information content (AvgIpc) is 2.48. The molecule has 0 aliphatic carbocycles. The van der Waals surface area contributed by atoms with Crippen LogP contribution in [0, 0.1) is 17.7 Å². The number of benzene rings is 1. The van der Waals surface area contributed by atoms with Crippen LogP contribution >= 0.6 is 0 Å². The molecule has 0 amide bonds. The maximum absolute atomic E-state index is 13.4. The van der Waals surface area contributed by atoms with E-state index >= 15 is 0 Å². The molecule has 122 valence electrons. The van der Waals surface area contributed by atoms with Gasteiger partial charge in [0.15, 0.2) is 5.96 Å². The summed E-state index contributed by atoms with van der Waals surface area (Å²) in [6, 6.07) is 4.82. The van der Waals surface area contributed by atoms with E-state index < -0.39 is 0 Å². The molecule has 1 fully saturated rings. The Morgan fingerprint density at radius 2 is 2.05 bits per heavy atom. The number of aliphatic hydroxyl groups is 1. The molecule has 22 heavy (non-hydrogen) atoms. The van der Waals surface area contributed by atoms with Crippen molar-refractivity contribution in [3.05, 3.63) is 35.1 Å². The van der Waals surface area contributed by atoms with Crippen LogP contribution in [0.2, 0.25) is 0 Å². The second-order valence-electron chi connectivity index (χ2n) is 6.34. The van der Waals surface area contributed by atoms with E-state index in [-0.39, 0.29) is 12.4 Å². The predicted molar refractivity (Wildman–Crippen MR) is 87.0 cm³/mol. The molecule has 0 radical (unpaired) electrons. The van der Waals surface area contributed by atoms with Crippen LogP contribution in [0.25, 0.3) is 0 Å². The van der Waals surface area contributed by atoms with Crippen molar-refractivity contribution >= 4 is 5.96 Å². The maximum Gasteiger partial charge on any atom is 0.193 e. The van der Waals surface area contributed by atoms with Crippen LogP contribution in [0.15, 0.2) is 23.2 Å². The first kappa shape index (κ1) is 16.7. The van der Waals surface area contributed by atoms with Gasteiger partial charge in [-0.2, -0.15) is 0 Å². The Morgan fingerprint density at radius 3 is 2.64 bits per heavy atom. The predicted octanol–water partition coefficient (Wildman–Crippen LogP) is 2.37. The molecule has 1 aromatic carbocycles. The van der Waals surface area contributed by atoms with Crippen molar-refractivity contribution in [2.45, 2.75) is 33.4 Å². The van der Waals surface area contributed by atoms with Gasteiger partial charge in [0, 0.05) is 32.2 Å². The molecular weight excluding hydrogens is 281 g/mol. The van der Waals surface area contributed by atoms with Crippen molar-refractivity contribution in [3.8, 4) is 0 Å². The molecule has 1 heterocycles. The minimum absolute atomic E-state index is 0.282. The SMILES string of the molecule is CN=C(NCc1ccc(F)c(CO)c1)N1CC(C)CC(C)C1. The summed E-state index contributed by atoms with van der Waals surface area (Å²) < 4.78 is 13.4. The lowest BCUT2D eigenvalue weighted by Gasteiger charge is -2.37. The summed E-state index contributed by atoms with van der Waals surface area (Å²) in [5, 5.41) is 12.5. The zero-order valence-corrected chi connectivity index (χ0v) is 13.6. The van der Waals surface area contributed by atoms with Crippen molar-refractivity contribution in [3.63, 3.8) is 0 Å². The van der Waals surface area contributed by atoms with Crippen molar-refractivity contribution in [2.75, 3.05) is 20.1 Å². The number of likely N-dealkylation sites (tertiary alicyclic amines) is 1. The third-order valence-corrected chi connectivity index (χ3v) is 4.11. The van der Waals surface area contributed by atoms with Crippen molar-refractivity contribution in [2.24, 2.45) is 16.8 Å². The Bertz CT molecular complexity index is 523. The van der Waals surface area contributed by atoms with Gasteiger partial charge >= 0.3 is 0 Å². The fourth-order valence-electron chi connectivity index (χ4n) is 3.21. The van der Waals surface area contributed by atoms with Gasteiger partial charge in [-0.1, -0.05) is 19.9 Å². The molecule has 1 aliphatic heterocycles. The Morgan fingerprint density at radius 1 is 1.36 bits per heavy atom. The molecule has 0 saturated carbocycles. The summed E-state index contributed by atoms with van der Waals surface area (Å²) in [4.78, 5) is 6.65. The van der Waals surface area contributed by atoms with Crippen LogP contribution in [-0.4, -0.2) is 36.1 Å². The molecule has 1 aromatic rings. The van der Waals surface area contributed by atoms with E-state index in [1.165, 1.54) is 12.5 Å². The van der Waals surface area contributed by atoms with Gasteiger partial charge < -0.3 is 15.3 Å². The van der Waals surface area contributed by atoms with E-state index in [0.29, 0.717) is 23.9 Å². The zero-order valence-electron chi connectivity index (χ0n) is 13.6. The first-order valence-corrected chi connectivity index (χ1v) is 7.87. The molecular formula is C17H26FN3O. The third-order valence-electron chi connectivity index (χ3n) is 4.11. The van der Waals surface area contributed by atoms with Gasteiger partial charge in [-0.15, -0.1) is 0 Å². The Balaban J connectivity index is 1.99. The highest BCUT2D eigenvalue weighted by atomic mass is 19.1. The molecule has 2 unspecified atom stereocenters. The largest absolute Gasteiger partial charge is 0.392 e. The first-order valence-electron chi connectivity index (χ1n) is 7.87. The van der Waals surface area contributed by atoms with Gasteiger partial charge in [-0.05, 0) is 36.0 Å². The molecule has 0 spiro atoms. The molecule has 1 aliphatic rings. The summed E-state index contributed by atoms with van der Waals surface area (Å²) >= 11 is 0. The fourth-order valence-corrected chi connectivity index (χ4v) is 3.21. The molecule has 5 heteroatoms. The van der Waals surface area contributed by atoms with Crippen LogP contribution in [0.5, 0.6) is 0 Å². The smallest absolute Gasteiger partial charge is 0.193 e. The zero-order chi connectivity index (χ0) is 16.1. The number of nitrogens with zero attached hydrogens (tertiary/aromatic N) is 2. The van der Waals surface area contributed by atoms with Gasteiger partial charge in [0.05, 0.1) is 6.61 Å². The standard InChI is InChI=1S/C17H26FN3O/c1-12-6-13(2)10-21(9-12)17(19-3)20-8-14-4-5-16(18)15(7-14)11-22/h4-5,7,12-13,22H,6,8-11H2,1-3H3,(H,19,20). The van der Waals surface area contributed by atoms with E-state index in [2.05, 4.69) is 29.1 Å². The second kappa shape index (κ2) is 7.58. The topological polar surface area (TPSA) is 47.9 Å². The molecule has 4 nitrogen and oxygen atoms in total. The van der Waals surface area contributed by atoms with Crippen LogP contribution in [-0.2, 0) is 13.2 Å². The van der Waals surface area contributed by atoms with Crippen molar-refractivity contribution in [1.82, 2.24) is 10.2 Å². The molecule has 2 rings (SSSR count). The number of halogens is 1. The fraction of sp³-hybridized carbons (Fsp3) is 0.588. The summed E-state index contributed by atoms with van der Waals surface area (Å²) in [6.45, 7) is 6.84. The van der Waals surface area contributed by atoms with Gasteiger partial charge in [-0.25, -0.2) is 4.39 Å². The highest BCUT2D eigenvalue weighted by Gasteiger charge is 2.23. The Kier molecular flexibility index (Phi) is 5.77. The molecule has 2 N–H and O–H groups in total. The molecule has 2 atom stereocenters. The van der Waals surface area contributed by atoms with E-state index in [1.54, 1.807) is 19.2 Å². The maximum atomic E-state index is 13.4. The molecule has 0 bridgehead atoms. The quantitative estimate of drug-likeness (QED) is 0.666. The van der Waals surface area contributed by atoms with Gasteiger partial charge in [0.2, 0.25) is 0 Å². The van der Waals surface area contributed by atoms with Gasteiger partial charge in [0.25, 0.3) is 0 Å². The lowest BCUT2D eigenvalue weighted by atomic mass is 9.92. The normalized spacial score (nSPS) is 22.8. The number of aliphatic hydroxyl groups excluding tert-OH is 1. The number of guanidine groups is 1. The van der Waals surface area contributed by atoms with Crippen molar-refractivity contribution in [1.29, 1.82) is 0 Å². The van der Waals surface area contributed by atoms with Crippen molar-refractivity contribution < 1.29 is 9.50 Å². The van der Waals surface area contributed by atoms with Crippen LogP contribution < -0.4 is 5.32 Å². The number of aliphatic imine (C=N–C) groups is 1. The number of hydrogen-bond acceptors (Lipinski definition) is 2. The summed E-state index contributed by atoms with van der Waals surface area (Å²) in [7, 11) is 1.79. The minimum Gasteiger partial charge on any atom is -0.392 e. The third kappa shape index (κ3) is 4.19. The lowest BCUT2D eigenvalue weighted by Crippen LogP contribution is -2.48. The van der Waals surface area contributed by atoms with Gasteiger partial charge in [0.1, 0.15) is 5.82 Å². The monoisotopic (exact) mass is 307 g/mol. The number of hydrogen-bond donors (Lipinski definition) is 2. The summed E-state index contributed by atoms with van der Waals surface area (Å²) in [5.41, 5.74) is 1.26. The highest BCUT2D eigenvalue weighted by Crippen LogP contribution is 2.21. The number of rotatable bonds is 3. The first-order chi connectivity index (χ1) is 10.5. The van der Waals surface area contributed by atoms with E-state index in [1.807, 2.05) is 0 Å².